The maximum absolute atomic E-state index is 5.77. The summed E-state index contributed by atoms with van der Waals surface area (Å²) in [6, 6.07) is 5.36. The molecule has 0 amide bonds. The van der Waals surface area contributed by atoms with E-state index in [1.165, 1.54) is 0 Å². The van der Waals surface area contributed by atoms with Crippen molar-refractivity contribution >= 4 is 5.69 Å². The molecule has 0 bridgehead atoms. The molecule has 2 rings (SSSR count). The molecule has 4 heteroatoms. The van der Waals surface area contributed by atoms with Crippen molar-refractivity contribution < 1.29 is 4.74 Å². The van der Waals surface area contributed by atoms with Gasteiger partial charge >= 0.3 is 0 Å². The lowest BCUT2D eigenvalue weighted by Gasteiger charge is -1.99. The van der Waals surface area contributed by atoms with Gasteiger partial charge in [0.2, 0.25) is 5.88 Å². The Hall–Kier alpha value is -2.54. The Morgan fingerprint density at radius 2 is 2.00 bits per heavy atom. The highest BCUT2D eigenvalue weighted by atomic mass is 16.5. The number of nitrogens with two attached hydrogens (primary N) is 1. The molecule has 0 fully saturated rings. The van der Waals surface area contributed by atoms with Gasteiger partial charge < -0.3 is 10.5 Å². The molecule has 17 heavy (non-hydrogen) atoms. The first kappa shape index (κ1) is 11.0. The lowest BCUT2D eigenvalue weighted by atomic mass is 10.2. The van der Waals surface area contributed by atoms with Crippen LogP contribution in [0, 0.1) is 11.8 Å². The minimum Gasteiger partial charge on any atom is -0.480 e. The fourth-order valence-electron chi connectivity index (χ4n) is 1.29. The first-order valence-corrected chi connectivity index (χ1v) is 5.02. The largest absolute Gasteiger partial charge is 0.480 e. The molecule has 2 aromatic rings. The van der Waals surface area contributed by atoms with Gasteiger partial charge in [-0.25, -0.2) is 4.98 Å². The van der Waals surface area contributed by atoms with Crippen molar-refractivity contribution in [3.05, 3.63) is 47.9 Å². The predicted octanol–water partition coefficient (Wildman–Crippen LogP) is 1.47. The molecule has 0 aliphatic rings. The van der Waals surface area contributed by atoms with E-state index in [0.29, 0.717) is 17.1 Å². The van der Waals surface area contributed by atoms with Crippen LogP contribution in [0.2, 0.25) is 0 Å². The minimum atomic E-state index is 0.502. The zero-order chi connectivity index (χ0) is 12.1. The van der Waals surface area contributed by atoms with Gasteiger partial charge in [-0.15, -0.1) is 0 Å². The van der Waals surface area contributed by atoms with Crippen LogP contribution in [-0.2, 0) is 0 Å². The summed E-state index contributed by atoms with van der Waals surface area (Å²) in [7, 11) is 1.56. The highest BCUT2D eigenvalue weighted by Gasteiger charge is 1.99. The zero-order valence-corrected chi connectivity index (χ0v) is 9.34. The Balaban J connectivity index is 2.37. The molecule has 0 radical (unpaired) electrons. The fourth-order valence-corrected chi connectivity index (χ4v) is 1.29. The molecule has 0 saturated carbocycles. The number of aromatic nitrogens is 2. The van der Waals surface area contributed by atoms with Crippen LogP contribution >= 0.6 is 0 Å². The summed E-state index contributed by atoms with van der Waals surface area (Å²) in [5.74, 6) is 6.41. The Labute approximate surface area is 99.5 Å². The van der Waals surface area contributed by atoms with Gasteiger partial charge in [0.25, 0.3) is 0 Å². The van der Waals surface area contributed by atoms with Gasteiger partial charge in [-0.3, -0.25) is 4.98 Å². The fraction of sp³-hybridized carbons (Fsp3) is 0.0769. The standard InChI is InChI=1S/C13H11N3O/c1-17-13-10(3-2-7-16-13)4-5-11-9-15-8-6-12(11)14/h2-3,6-9H,1H3,(H2,14,15). The molecule has 0 aliphatic heterocycles. The molecule has 2 N–H and O–H groups in total. The van der Waals surface area contributed by atoms with Crippen LogP contribution in [0.1, 0.15) is 11.1 Å². The molecule has 0 aromatic carbocycles. The number of rotatable bonds is 1. The van der Waals surface area contributed by atoms with E-state index in [-0.39, 0.29) is 0 Å². The van der Waals surface area contributed by atoms with Crippen molar-refractivity contribution in [1.82, 2.24) is 9.97 Å². The number of hydrogen-bond donors (Lipinski definition) is 1. The summed E-state index contributed by atoms with van der Waals surface area (Å²) in [4.78, 5) is 8.03. The van der Waals surface area contributed by atoms with Crippen molar-refractivity contribution in [2.24, 2.45) is 0 Å². The summed E-state index contributed by atoms with van der Waals surface area (Å²) < 4.78 is 5.10. The highest BCUT2D eigenvalue weighted by Crippen LogP contribution is 2.12. The molecule has 2 heterocycles. The van der Waals surface area contributed by atoms with Gasteiger partial charge in [0.1, 0.15) is 0 Å². The van der Waals surface area contributed by atoms with E-state index in [4.69, 9.17) is 10.5 Å². The molecule has 0 saturated heterocycles. The molecular formula is C13H11N3O. The number of nitrogen functional groups attached to an aromatic ring is 1. The van der Waals surface area contributed by atoms with Crippen LogP contribution in [0.25, 0.3) is 0 Å². The van der Waals surface area contributed by atoms with E-state index in [2.05, 4.69) is 21.8 Å². The molecule has 0 aliphatic carbocycles. The SMILES string of the molecule is COc1ncccc1C#Cc1cnccc1N. The van der Waals surface area contributed by atoms with E-state index in [1.807, 2.05) is 6.07 Å². The Morgan fingerprint density at radius 3 is 2.76 bits per heavy atom. The average molecular weight is 225 g/mol. The third-order valence-electron chi connectivity index (χ3n) is 2.15. The second-order valence-electron chi connectivity index (χ2n) is 3.27. The molecule has 84 valence electrons. The number of methoxy groups -OCH3 is 1. The number of hydrogen-bond acceptors (Lipinski definition) is 4. The van der Waals surface area contributed by atoms with E-state index >= 15 is 0 Å². The Bertz CT molecular complexity index is 584. The average Bonchev–Trinajstić information content (AvgIpc) is 2.38. The van der Waals surface area contributed by atoms with Crippen LogP contribution in [0.5, 0.6) is 5.88 Å². The van der Waals surface area contributed by atoms with E-state index in [1.54, 1.807) is 37.8 Å². The smallest absolute Gasteiger partial charge is 0.229 e. The molecule has 0 spiro atoms. The van der Waals surface area contributed by atoms with Gasteiger partial charge in [0.15, 0.2) is 0 Å². The first-order chi connectivity index (χ1) is 8.31. The molecule has 2 aromatic heterocycles. The number of nitrogens with zero attached hydrogens (tertiary/aromatic N) is 2. The molecule has 0 unspecified atom stereocenters. The number of anilines is 1. The van der Waals surface area contributed by atoms with Gasteiger partial charge in [-0.2, -0.15) is 0 Å². The topological polar surface area (TPSA) is 61.0 Å². The maximum atomic E-state index is 5.77. The van der Waals surface area contributed by atoms with Crippen LogP contribution < -0.4 is 10.5 Å². The zero-order valence-electron chi connectivity index (χ0n) is 9.34. The lowest BCUT2D eigenvalue weighted by Crippen LogP contribution is -1.92. The molecule has 4 nitrogen and oxygen atoms in total. The third-order valence-corrected chi connectivity index (χ3v) is 2.15. The van der Waals surface area contributed by atoms with Crippen molar-refractivity contribution in [2.45, 2.75) is 0 Å². The van der Waals surface area contributed by atoms with Crippen molar-refractivity contribution in [1.29, 1.82) is 0 Å². The quantitative estimate of drug-likeness (QED) is 0.746. The molecule has 0 atom stereocenters. The van der Waals surface area contributed by atoms with E-state index < -0.39 is 0 Å². The minimum absolute atomic E-state index is 0.502. The normalized spacial score (nSPS) is 9.24. The van der Waals surface area contributed by atoms with Gasteiger partial charge in [0.05, 0.1) is 23.9 Å². The van der Waals surface area contributed by atoms with Crippen molar-refractivity contribution in [3.63, 3.8) is 0 Å². The van der Waals surface area contributed by atoms with Crippen molar-refractivity contribution in [2.75, 3.05) is 12.8 Å². The maximum Gasteiger partial charge on any atom is 0.229 e. The van der Waals surface area contributed by atoms with Crippen LogP contribution in [0.3, 0.4) is 0 Å². The van der Waals surface area contributed by atoms with E-state index in [0.717, 1.165) is 5.56 Å². The van der Waals surface area contributed by atoms with Gasteiger partial charge in [-0.1, -0.05) is 11.8 Å². The Morgan fingerprint density at radius 1 is 1.18 bits per heavy atom. The summed E-state index contributed by atoms with van der Waals surface area (Å²) in [6.45, 7) is 0. The first-order valence-electron chi connectivity index (χ1n) is 5.02. The van der Waals surface area contributed by atoms with Crippen LogP contribution in [0.4, 0.5) is 5.69 Å². The van der Waals surface area contributed by atoms with Gasteiger partial charge in [-0.05, 0) is 18.2 Å². The monoisotopic (exact) mass is 225 g/mol. The van der Waals surface area contributed by atoms with Crippen LogP contribution in [-0.4, -0.2) is 17.1 Å². The number of ether oxygens (including phenoxy) is 1. The van der Waals surface area contributed by atoms with Gasteiger partial charge in [0, 0.05) is 18.6 Å². The Kier molecular flexibility index (Phi) is 3.22. The second kappa shape index (κ2) is 4.99. The molecular weight excluding hydrogens is 214 g/mol. The summed E-state index contributed by atoms with van der Waals surface area (Å²) in [6.07, 6.45) is 4.92. The summed E-state index contributed by atoms with van der Waals surface area (Å²) in [5.41, 5.74) is 7.79. The number of pyridine rings is 2. The predicted molar refractivity (Wildman–Crippen MR) is 65.4 cm³/mol. The van der Waals surface area contributed by atoms with E-state index in [9.17, 15) is 0 Å². The van der Waals surface area contributed by atoms with Crippen LogP contribution in [0.15, 0.2) is 36.8 Å². The third kappa shape index (κ3) is 2.52. The lowest BCUT2D eigenvalue weighted by molar-refractivity contribution is 0.396. The summed E-state index contributed by atoms with van der Waals surface area (Å²) >= 11 is 0. The highest BCUT2D eigenvalue weighted by molar-refractivity contribution is 5.56. The summed E-state index contributed by atoms with van der Waals surface area (Å²) in [5, 5.41) is 0. The second-order valence-corrected chi connectivity index (χ2v) is 3.27. The van der Waals surface area contributed by atoms with Crippen molar-refractivity contribution in [3.8, 4) is 17.7 Å².